The van der Waals surface area contributed by atoms with Crippen LogP contribution in [0.3, 0.4) is 0 Å². The van der Waals surface area contributed by atoms with Crippen molar-refractivity contribution in [1.29, 1.82) is 0 Å². The second-order valence-corrected chi connectivity index (χ2v) is 5.15. The lowest BCUT2D eigenvalue weighted by molar-refractivity contribution is -0.117. The lowest BCUT2D eigenvalue weighted by atomic mass is 10.1. The zero-order valence-electron chi connectivity index (χ0n) is 11.1. The van der Waals surface area contributed by atoms with E-state index in [0.717, 1.165) is 17.7 Å². The highest BCUT2D eigenvalue weighted by atomic mass is 19.1. The van der Waals surface area contributed by atoms with Gasteiger partial charge in [-0.15, -0.1) is 0 Å². The molecular formula is C16H15FN2O. The average Bonchev–Trinajstić information content (AvgIpc) is 3.20. The zero-order chi connectivity index (χ0) is 14.1. The molecule has 0 aliphatic heterocycles. The number of carbonyl (C=O) groups excluding carboxylic acids is 1. The largest absolute Gasteiger partial charge is 0.310 e. The smallest absolute Gasteiger partial charge is 0.229 e. The summed E-state index contributed by atoms with van der Waals surface area (Å²) in [5.74, 6) is 0.472. The summed E-state index contributed by atoms with van der Waals surface area (Å²) in [5, 5.41) is 2.83. The van der Waals surface area contributed by atoms with E-state index in [-0.39, 0.29) is 23.6 Å². The molecule has 2 unspecified atom stereocenters. The lowest BCUT2D eigenvalue weighted by Crippen LogP contribution is -2.15. The number of carbonyl (C=O) groups is 1. The van der Waals surface area contributed by atoms with Crippen LogP contribution in [0.2, 0.25) is 0 Å². The van der Waals surface area contributed by atoms with Crippen molar-refractivity contribution in [1.82, 2.24) is 4.98 Å². The Morgan fingerprint density at radius 3 is 2.70 bits per heavy atom. The van der Waals surface area contributed by atoms with Crippen LogP contribution in [-0.4, -0.2) is 10.9 Å². The Morgan fingerprint density at radius 1 is 1.25 bits per heavy atom. The number of halogens is 1. The van der Waals surface area contributed by atoms with Crippen LogP contribution in [0.25, 0.3) is 0 Å². The van der Waals surface area contributed by atoms with Crippen molar-refractivity contribution in [2.24, 2.45) is 5.92 Å². The number of amides is 1. The third-order valence-corrected chi connectivity index (χ3v) is 3.56. The molecule has 1 amide bonds. The molecule has 2 atom stereocenters. The number of aryl methyl sites for hydroxylation is 1. The van der Waals surface area contributed by atoms with E-state index in [2.05, 4.69) is 10.3 Å². The molecule has 20 heavy (non-hydrogen) atoms. The van der Waals surface area contributed by atoms with Gasteiger partial charge in [-0.05, 0) is 49.1 Å². The normalized spacial score (nSPS) is 20.5. The number of hydrogen-bond acceptors (Lipinski definition) is 2. The van der Waals surface area contributed by atoms with Gasteiger partial charge in [-0.3, -0.25) is 4.79 Å². The van der Waals surface area contributed by atoms with Crippen molar-refractivity contribution in [3.63, 3.8) is 0 Å². The third-order valence-electron chi connectivity index (χ3n) is 3.56. The molecule has 4 heteroatoms. The summed E-state index contributed by atoms with van der Waals surface area (Å²) >= 11 is 0. The molecule has 0 spiro atoms. The molecule has 0 bridgehead atoms. The molecule has 1 aliphatic rings. The Kier molecular flexibility index (Phi) is 3.22. The maximum atomic E-state index is 12.9. The second kappa shape index (κ2) is 5.04. The lowest BCUT2D eigenvalue weighted by Gasteiger charge is -2.05. The Bertz CT molecular complexity index is 639. The number of nitrogens with one attached hydrogen (secondary N) is 1. The van der Waals surface area contributed by atoms with Gasteiger partial charge in [0.05, 0.1) is 0 Å². The van der Waals surface area contributed by atoms with Gasteiger partial charge in [-0.25, -0.2) is 9.37 Å². The monoisotopic (exact) mass is 270 g/mol. The molecule has 0 saturated heterocycles. The van der Waals surface area contributed by atoms with Crippen LogP contribution in [-0.2, 0) is 4.79 Å². The Hall–Kier alpha value is -2.23. The summed E-state index contributed by atoms with van der Waals surface area (Å²) in [6, 6.07) is 11.9. The molecule has 1 fully saturated rings. The molecule has 102 valence electrons. The highest BCUT2D eigenvalue weighted by Crippen LogP contribution is 2.47. The summed E-state index contributed by atoms with van der Waals surface area (Å²) in [7, 11) is 0. The van der Waals surface area contributed by atoms with Gasteiger partial charge in [-0.2, -0.15) is 0 Å². The first-order chi connectivity index (χ1) is 9.63. The SMILES string of the molecule is Cc1cccc(NC(=O)C2CC2c2ccc(F)cc2)n1. The van der Waals surface area contributed by atoms with Crippen molar-refractivity contribution in [2.45, 2.75) is 19.3 Å². The van der Waals surface area contributed by atoms with Crippen LogP contribution >= 0.6 is 0 Å². The van der Waals surface area contributed by atoms with E-state index in [1.807, 2.05) is 19.1 Å². The van der Waals surface area contributed by atoms with Crippen molar-refractivity contribution in [2.75, 3.05) is 5.32 Å². The van der Waals surface area contributed by atoms with Crippen LogP contribution in [0.1, 0.15) is 23.6 Å². The van der Waals surface area contributed by atoms with Gasteiger partial charge in [-0.1, -0.05) is 18.2 Å². The number of anilines is 1. The number of hydrogen-bond donors (Lipinski definition) is 1. The minimum absolute atomic E-state index is 0.0163. The van der Waals surface area contributed by atoms with Crippen molar-refractivity contribution in [3.8, 4) is 0 Å². The molecule has 1 aromatic carbocycles. The maximum Gasteiger partial charge on any atom is 0.229 e. The number of aromatic nitrogens is 1. The van der Waals surface area contributed by atoms with E-state index in [1.165, 1.54) is 12.1 Å². The number of benzene rings is 1. The molecule has 1 aliphatic carbocycles. The molecule has 3 nitrogen and oxygen atoms in total. The molecular weight excluding hydrogens is 255 g/mol. The van der Waals surface area contributed by atoms with Gasteiger partial charge in [0.1, 0.15) is 11.6 Å². The van der Waals surface area contributed by atoms with E-state index in [0.29, 0.717) is 5.82 Å². The number of nitrogens with zero attached hydrogens (tertiary/aromatic N) is 1. The van der Waals surface area contributed by atoms with Crippen LogP contribution in [0, 0.1) is 18.7 Å². The van der Waals surface area contributed by atoms with Gasteiger partial charge in [0.2, 0.25) is 5.91 Å². The molecule has 2 aromatic rings. The van der Waals surface area contributed by atoms with E-state index in [9.17, 15) is 9.18 Å². The predicted molar refractivity (Wildman–Crippen MR) is 74.9 cm³/mol. The molecule has 3 rings (SSSR count). The van der Waals surface area contributed by atoms with Crippen molar-refractivity contribution in [3.05, 3.63) is 59.5 Å². The topological polar surface area (TPSA) is 42.0 Å². The number of pyridine rings is 1. The Labute approximate surface area is 116 Å². The molecule has 0 radical (unpaired) electrons. The summed E-state index contributed by atoms with van der Waals surface area (Å²) in [5.41, 5.74) is 1.89. The van der Waals surface area contributed by atoms with Crippen LogP contribution < -0.4 is 5.32 Å². The van der Waals surface area contributed by atoms with E-state index in [4.69, 9.17) is 0 Å². The van der Waals surface area contributed by atoms with Gasteiger partial charge in [0.15, 0.2) is 0 Å². The fourth-order valence-electron chi connectivity index (χ4n) is 2.39. The Balaban J connectivity index is 1.64. The highest BCUT2D eigenvalue weighted by Gasteiger charge is 2.43. The minimum atomic E-state index is -0.251. The maximum absolute atomic E-state index is 12.9. The highest BCUT2D eigenvalue weighted by molar-refractivity contribution is 5.94. The van der Waals surface area contributed by atoms with Crippen LogP contribution in [0.5, 0.6) is 0 Å². The summed E-state index contributed by atoms with van der Waals surface area (Å²) in [6.07, 6.45) is 0.809. The summed E-state index contributed by atoms with van der Waals surface area (Å²) in [4.78, 5) is 16.4. The molecule has 1 heterocycles. The first-order valence-electron chi connectivity index (χ1n) is 6.63. The van der Waals surface area contributed by atoms with E-state index >= 15 is 0 Å². The first kappa shape index (κ1) is 12.8. The quantitative estimate of drug-likeness (QED) is 0.930. The van der Waals surface area contributed by atoms with Crippen LogP contribution in [0.15, 0.2) is 42.5 Å². The molecule has 1 saturated carbocycles. The van der Waals surface area contributed by atoms with Gasteiger partial charge in [0.25, 0.3) is 0 Å². The van der Waals surface area contributed by atoms with Crippen molar-refractivity contribution >= 4 is 11.7 Å². The Morgan fingerprint density at radius 2 is 2.00 bits per heavy atom. The summed E-state index contributed by atoms with van der Waals surface area (Å²) < 4.78 is 12.9. The average molecular weight is 270 g/mol. The van der Waals surface area contributed by atoms with Gasteiger partial charge < -0.3 is 5.32 Å². The molecule has 1 aromatic heterocycles. The van der Waals surface area contributed by atoms with Gasteiger partial charge >= 0.3 is 0 Å². The molecule has 1 N–H and O–H groups in total. The standard InChI is InChI=1S/C16H15FN2O/c1-10-3-2-4-15(18-10)19-16(20)14-9-13(14)11-5-7-12(17)8-6-11/h2-8,13-14H,9H2,1H3,(H,18,19,20). The third kappa shape index (κ3) is 2.69. The minimum Gasteiger partial charge on any atom is -0.310 e. The predicted octanol–water partition coefficient (Wildman–Crippen LogP) is 3.27. The fourth-order valence-corrected chi connectivity index (χ4v) is 2.39. The van der Waals surface area contributed by atoms with E-state index in [1.54, 1.807) is 18.2 Å². The fraction of sp³-hybridized carbons (Fsp3) is 0.250. The number of rotatable bonds is 3. The van der Waals surface area contributed by atoms with Crippen LogP contribution in [0.4, 0.5) is 10.2 Å². The van der Waals surface area contributed by atoms with Crippen molar-refractivity contribution < 1.29 is 9.18 Å². The second-order valence-electron chi connectivity index (χ2n) is 5.15. The summed E-state index contributed by atoms with van der Waals surface area (Å²) in [6.45, 7) is 1.88. The van der Waals surface area contributed by atoms with E-state index < -0.39 is 0 Å². The van der Waals surface area contributed by atoms with Gasteiger partial charge in [0, 0.05) is 11.6 Å². The zero-order valence-corrected chi connectivity index (χ0v) is 11.1. The first-order valence-corrected chi connectivity index (χ1v) is 6.63.